The van der Waals surface area contributed by atoms with Crippen LogP contribution in [-0.2, 0) is 4.79 Å². The number of aliphatic hydroxyl groups is 2. The van der Waals surface area contributed by atoms with Crippen molar-refractivity contribution in [2.24, 2.45) is 0 Å². The minimum atomic E-state index is -0.852. The van der Waals surface area contributed by atoms with Gasteiger partial charge in [0.25, 0.3) is 0 Å². The molecular formula is C31H59NO3. The van der Waals surface area contributed by atoms with Crippen molar-refractivity contribution in [1.29, 1.82) is 0 Å². The summed E-state index contributed by atoms with van der Waals surface area (Å²) in [6.45, 7) is 4.12. The molecule has 2 atom stereocenters. The highest BCUT2D eigenvalue weighted by Crippen LogP contribution is 2.13. The molecule has 4 heteroatoms. The maximum Gasteiger partial charge on any atom is 0.220 e. The van der Waals surface area contributed by atoms with Crippen LogP contribution in [0.1, 0.15) is 149 Å². The highest BCUT2D eigenvalue weighted by molar-refractivity contribution is 5.76. The number of carbonyl (C=O) groups excluding carboxylic acids is 1. The maximum atomic E-state index is 11.9. The molecule has 35 heavy (non-hydrogen) atoms. The average Bonchev–Trinajstić information content (AvgIpc) is 2.86. The normalized spacial score (nSPS) is 13.6. The van der Waals surface area contributed by atoms with E-state index >= 15 is 0 Å². The molecule has 1 amide bonds. The quantitative estimate of drug-likeness (QED) is 0.0840. The molecule has 0 aliphatic heterocycles. The summed E-state index contributed by atoms with van der Waals surface area (Å²) in [5.74, 6) is -0.101. The molecule has 206 valence electrons. The first-order chi connectivity index (χ1) is 17.2. The van der Waals surface area contributed by atoms with E-state index < -0.39 is 12.1 Å². The predicted octanol–water partition coefficient (Wildman–Crippen LogP) is 8.17. The number of aliphatic hydroxyl groups excluding tert-OH is 2. The molecule has 0 aromatic rings. The first kappa shape index (κ1) is 33.9. The van der Waals surface area contributed by atoms with E-state index in [0.29, 0.717) is 6.42 Å². The summed E-state index contributed by atoms with van der Waals surface area (Å²) in [7, 11) is 0. The van der Waals surface area contributed by atoms with Crippen molar-refractivity contribution in [1.82, 2.24) is 5.32 Å². The average molecular weight is 494 g/mol. The van der Waals surface area contributed by atoms with Crippen molar-refractivity contribution in [2.75, 3.05) is 6.61 Å². The van der Waals surface area contributed by atoms with Crippen LogP contribution < -0.4 is 5.32 Å². The zero-order chi connectivity index (χ0) is 25.8. The number of carbonyl (C=O) groups is 1. The Bertz CT molecular complexity index is 503. The van der Waals surface area contributed by atoms with Gasteiger partial charge in [-0.3, -0.25) is 4.79 Å². The zero-order valence-corrected chi connectivity index (χ0v) is 23.3. The van der Waals surface area contributed by atoms with Gasteiger partial charge < -0.3 is 15.5 Å². The molecule has 0 bridgehead atoms. The van der Waals surface area contributed by atoms with Crippen LogP contribution in [-0.4, -0.2) is 34.9 Å². The van der Waals surface area contributed by atoms with Gasteiger partial charge in [0.05, 0.1) is 18.8 Å². The summed E-state index contributed by atoms with van der Waals surface area (Å²) < 4.78 is 0. The minimum Gasteiger partial charge on any atom is -0.394 e. The summed E-state index contributed by atoms with van der Waals surface area (Å²) in [5, 5.41) is 22.4. The number of allylic oxidation sites excluding steroid dienone is 3. The molecule has 0 aromatic heterocycles. The van der Waals surface area contributed by atoms with Crippen LogP contribution in [0.25, 0.3) is 0 Å². The van der Waals surface area contributed by atoms with Crippen molar-refractivity contribution >= 4 is 5.91 Å². The molecule has 0 spiro atoms. The second-order valence-electron chi connectivity index (χ2n) is 10.2. The third-order valence-electron chi connectivity index (χ3n) is 6.69. The molecule has 0 radical (unpaired) electrons. The fourth-order valence-corrected chi connectivity index (χ4v) is 4.31. The molecule has 0 aromatic carbocycles. The van der Waals surface area contributed by atoms with Crippen molar-refractivity contribution < 1.29 is 15.0 Å². The zero-order valence-electron chi connectivity index (χ0n) is 23.3. The number of hydrogen-bond acceptors (Lipinski definition) is 3. The van der Waals surface area contributed by atoms with E-state index in [-0.39, 0.29) is 12.5 Å². The van der Waals surface area contributed by atoms with Crippen LogP contribution in [0, 0.1) is 0 Å². The number of nitrogens with one attached hydrogen (secondary N) is 1. The molecular weight excluding hydrogens is 434 g/mol. The number of rotatable bonds is 26. The summed E-state index contributed by atoms with van der Waals surface area (Å²) in [6, 6.07) is -0.628. The molecule has 2 unspecified atom stereocenters. The molecule has 0 aliphatic carbocycles. The van der Waals surface area contributed by atoms with Gasteiger partial charge in [0.2, 0.25) is 5.91 Å². The van der Waals surface area contributed by atoms with Gasteiger partial charge >= 0.3 is 0 Å². The Hall–Kier alpha value is -1.13. The fraction of sp³-hybridized carbons (Fsp3) is 0.839. The van der Waals surface area contributed by atoms with Crippen LogP contribution in [0.4, 0.5) is 0 Å². The highest BCUT2D eigenvalue weighted by Gasteiger charge is 2.17. The van der Waals surface area contributed by atoms with Crippen LogP contribution in [0.2, 0.25) is 0 Å². The molecule has 3 N–H and O–H groups in total. The number of amides is 1. The van der Waals surface area contributed by atoms with E-state index in [0.717, 1.165) is 38.5 Å². The standard InChI is InChI=1S/C31H59NO3/c1-3-5-7-8-9-10-11-12-13-14-15-16-17-18-19-20-21-22-23-25-26-30(34)29(28-33)32-31(35)27-24-6-4-2/h20-21,25-26,29-30,33-34H,3-19,22-24,27-28H2,1-2H3,(H,32,35)/b21-20+,26-25+. The Morgan fingerprint density at radius 3 is 1.66 bits per heavy atom. The highest BCUT2D eigenvalue weighted by atomic mass is 16.3. The maximum absolute atomic E-state index is 11.9. The summed E-state index contributed by atoms with van der Waals surface area (Å²) >= 11 is 0. The van der Waals surface area contributed by atoms with Gasteiger partial charge in [-0.2, -0.15) is 0 Å². The molecule has 0 saturated carbocycles. The smallest absolute Gasteiger partial charge is 0.220 e. The van der Waals surface area contributed by atoms with E-state index in [9.17, 15) is 15.0 Å². The third kappa shape index (κ3) is 24.3. The Morgan fingerprint density at radius 1 is 0.657 bits per heavy atom. The van der Waals surface area contributed by atoms with Crippen LogP contribution in [0.3, 0.4) is 0 Å². The molecule has 0 aliphatic rings. The lowest BCUT2D eigenvalue weighted by Crippen LogP contribution is -2.45. The minimum absolute atomic E-state index is 0.101. The van der Waals surface area contributed by atoms with E-state index in [1.165, 1.54) is 89.9 Å². The number of hydrogen-bond donors (Lipinski definition) is 3. The van der Waals surface area contributed by atoms with Gasteiger partial charge in [0.1, 0.15) is 0 Å². The Labute approximate surface area is 218 Å². The van der Waals surface area contributed by atoms with Gasteiger partial charge in [-0.1, -0.05) is 134 Å². The van der Waals surface area contributed by atoms with E-state index in [2.05, 4.69) is 31.3 Å². The second-order valence-corrected chi connectivity index (χ2v) is 10.2. The first-order valence-electron chi connectivity index (χ1n) is 15.1. The summed E-state index contributed by atoms with van der Waals surface area (Å²) in [4.78, 5) is 11.9. The van der Waals surface area contributed by atoms with Crippen molar-refractivity contribution in [2.45, 2.75) is 161 Å². The second kappa shape index (κ2) is 27.5. The molecule has 0 saturated heterocycles. The van der Waals surface area contributed by atoms with Crippen molar-refractivity contribution in [3.63, 3.8) is 0 Å². The van der Waals surface area contributed by atoms with Crippen molar-refractivity contribution in [3.8, 4) is 0 Å². The molecule has 4 nitrogen and oxygen atoms in total. The Kier molecular flexibility index (Phi) is 26.6. The SMILES string of the molecule is CCCCCCCCCCCCCCCC/C=C/CC/C=C/C(O)C(CO)NC(=O)CCCCC. The van der Waals surface area contributed by atoms with Crippen LogP contribution in [0.5, 0.6) is 0 Å². The lowest BCUT2D eigenvalue weighted by atomic mass is 10.0. The van der Waals surface area contributed by atoms with Gasteiger partial charge in [-0.15, -0.1) is 0 Å². The van der Waals surface area contributed by atoms with E-state index in [4.69, 9.17) is 0 Å². The predicted molar refractivity (Wildman–Crippen MR) is 152 cm³/mol. The fourth-order valence-electron chi connectivity index (χ4n) is 4.31. The monoisotopic (exact) mass is 493 g/mol. The van der Waals surface area contributed by atoms with E-state index in [1.807, 2.05) is 6.08 Å². The number of unbranched alkanes of at least 4 members (excludes halogenated alkanes) is 17. The summed E-state index contributed by atoms with van der Waals surface area (Å²) in [6.07, 6.45) is 33.2. The van der Waals surface area contributed by atoms with Gasteiger partial charge in [0.15, 0.2) is 0 Å². The largest absolute Gasteiger partial charge is 0.394 e. The van der Waals surface area contributed by atoms with Gasteiger partial charge in [0, 0.05) is 6.42 Å². The first-order valence-corrected chi connectivity index (χ1v) is 15.1. The van der Waals surface area contributed by atoms with Crippen LogP contribution >= 0.6 is 0 Å². The van der Waals surface area contributed by atoms with Crippen molar-refractivity contribution in [3.05, 3.63) is 24.3 Å². The van der Waals surface area contributed by atoms with Crippen LogP contribution in [0.15, 0.2) is 24.3 Å². The molecule has 0 rings (SSSR count). The topological polar surface area (TPSA) is 69.6 Å². The lowest BCUT2D eigenvalue weighted by molar-refractivity contribution is -0.123. The van der Waals surface area contributed by atoms with E-state index in [1.54, 1.807) is 6.08 Å². The third-order valence-corrected chi connectivity index (χ3v) is 6.69. The molecule has 0 fully saturated rings. The Balaban J connectivity index is 3.56. The summed E-state index contributed by atoms with van der Waals surface area (Å²) in [5.41, 5.74) is 0. The Morgan fingerprint density at radius 2 is 1.11 bits per heavy atom. The van der Waals surface area contributed by atoms with Gasteiger partial charge in [-0.25, -0.2) is 0 Å². The molecule has 0 heterocycles. The van der Waals surface area contributed by atoms with Gasteiger partial charge in [-0.05, 0) is 32.1 Å². The lowest BCUT2D eigenvalue weighted by Gasteiger charge is -2.19.